The zero-order valence-electron chi connectivity index (χ0n) is 24.8. The summed E-state index contributed by atoms with van der Waals surface area (Å²) in [7, 11) is 0. The number of hydrogen-bond donors (Lipinski definition) is 1. The molecule has 8 nitrogen and oxygen atoms in total. The van der Waals surface area contributed by atoms with Gasteiger partial charge in [0.05, 0.1) is 6.04 Å². The second-order valence-corrected chi connectivity index (χ2v) is 11.3. The van der Waals surface area contributed by atoms with Crippen molar-refractivity contribution in [2.45, 2.75) is 58.4 Å². The zero-order chi connectivity index (χ0) is 29.8. The van der Waals surface area contributed by atoms with Crippen LogP contribution in [0, 0.1) is 13.8 Å². The van der Waals surface area contributed by atoms with E-state index in [0.29, 0.717) is 30.3 Å². The average molecular weight is 573 g/mol. The SMILES string of the molecule is Cc1cccc(C)c1OCC(C)n1cnnc1CC=C(C=CC1=CC1)NC(=O)c1cc(-c2ccc(C3CC3)nc2)ccn1. The first-order valence-electron chi connectivity index (χ1n) is 14.8. The van der Waals surface area contributed by atoms with E-state index in [0.717, 1.165) is 45.9 Å². The molecular formula is C35H36N6O2. The van der Waals surface area contributed by atoms with E-state index in [9.17, 15) is 4.79 Å². The number of para-hydroxylation sites is 1. The number of ether oxygens (including phenoxy) is 1. The van der Waals surface area contributed by atoms with E-state index >= 15 is 0 Å². The van der Waals surface area contributed by atoms with Crippen LogP contribution in [0.2, 0.25) is 0 Å². The highest BCUT2D eigenvalue weighted by molar-refractivity contribution is 5.94. The summed E-state index contributed by atoms with van der Waals surface area (Å²) in [6.45, 7) is 6.68. The lowest BCUT2D eigenvalue weighted by Crippen LogP contribution is -2.23. The smallest absolute Gasteiger partial charge is 0.274 e. The number of amides is 1. The fourth-order valence-electron chi connectivity index (χ4n) is 4.97. The average Bonchev–Trinajstić information content (AvgIpc) is 3.96. The van der Waals surface area contributed by atoms with Gasteiger partial charge < -0.3 is 14.6 Å². The quantitative estimate of drug-likeness (QED) is 0.192. The minimum absolute atomic E-state index is 0.0161. The largest absolute Gasteiger partial charge is 0.491 e. The van der Waals surface area contributed by atoms with Crippen LogP contribution < -0.4 is 10.1 Å². The molecule has 0 bridgehead atoms. The van der Waals surface area contributed by atoms with Gasteiger partial charge in [0, 0.05) is 41.7 Å². The number of hydrogen-bond acceptors (Lipinski definition) is 6. The predicted octanol–water partition coefficient (Wildman–Crippen LogP) is 6.61. The van der Waals surface area contributed by atoms with Crippen molar-refractivity contribution in [2.75, 3.05) is 6.61 Å². The van der Waals surface area contributed by atoms with E-state index in [1.54, 1.807) is 12.5 Å². The van der Waals surface area contributed by atoms with Crippen LogP contribution in [0.25, 0.3) is 11.1 Å². The maximum Gasteiger partial charge on any atom is 0.274 e. The van der Waals surface area contributed by atoms with Crippen LogP contribution in [0.15, 0.2) is 96.8 Å². The van der Waals surface area contributed by atoms with Crippen molar-refractivity contribution in [3.05, 3.63) is 125 Å². The summed E-state index contributed by atoms with van der Waals surface area (Å²) in [5, 5.41) is 11.6. The molecule has 1 unspecified atom stereocenters. The normalized spacial score (nSPS) is 15.3. The van der Waals surface area contributed by atoms with Gasteiger partial charge in [0.25, 0.3) is 5.91 Å². The fraction of sp³-hybridized carbons (Fsp3) is 0.286. The molecule has 0 saturated heterocycles. The Bertz CT molecular complexity index is 1690. The van der Waals surface area contributed by atoms with E-state index in [-0.39, 0.29) is 11.9 Å². The van der Waals surface area contributed by atoms with Gasteiger partial charge in [-0.15, -0.1) is 10.2 Å². The van der Waals surface area contributed by atoms with Crippen LogP contribution in [0.3, 0.4) is 0 Å². The Morgan fingerprint density at radius 2 is 1.93 bits per heavy atom. The zero-order valence-corrected chi connectivity index (χ0v) is 24.8. The van der Waals surface area contributed by atoms with Crippen molar-refractivity contribution in [1.82, 2.24) is 30.0 Å². The van der Waals surface area contributed by atoms with E-state index in [2.05, 4.69) is 76.6 Å². The van der Waals surface area contributed by atoms with Gasteiger partial charge in [0.2, 0.25) is 0 Å². The first-order chi connectivity index (χ1) is 20.9. The Kier molecular flexibility index (Phi) is 8.27. The molecule has 2 aliphatic carbocycles. The molecule has 0 radical (unpaired) electrons. The Morgan fingerprint density at radius 1 is 1.12 bits per heavy atom. The molecule has 0 spiro atoms. The lowest BCUT2D eigenvalue weighted by molar-refractivity contribution is 0.0962. The van der Waals surface area contributed by atoms with Gasteiger partial charge in [-0.25, -0.2) is 0 Å². The number of aryl methyl sites for hydroxylation is 2. The minimum Gasteiger partial charge on any atom is -0.491 e. The highest BCUT2D eigenvalue weighted by Gasteiger charge is 2.24. The molecule has 218 valence electrons. The Labute approximate surface area is 252 Å². The van der Waals surface area contributed by atoms with Crippen molar-refractivity contribution < 1.29 is 9.53 Å². The number of rotatable bonds is 12. The number of nitrogens with zero attached hydrogens (tertiary/aromatic N) is 5. The number of carbonyl (C=O) groups excluding carboxylic acids is 1. The molecule has 1 saturated carbocycles. The third-order valence-corrected chi connectivity index (χ3v) is 7.79. The molecule has 3 aromatic heterocycles. The maximum atomic E-state index is 13.3. The first-order valence-corrected chi connectivity index (χ1v) is 14.8. The summed E-state index contributed by atoms with van der Waals surface area (Å²) in [5.41, 5.74) is 7.49. The Balaban J connectivity index is 1.14. The van der Waals surface area contributed by atoms with Crippen molar-refractivity contribution in [3.8, 4) is 16.9 Å². The highest BCUT2D eigenvalue weighted by Crippen LogP contribution is 2.39. The Morgan fingerprint density at radius 3 is 2.65 bits per heavy atom. The summed E-state index contributed by atoms with van der Waals surface area (Å²) in [5.74, 6) is 2.02. The summed E-state index contributed by atoms with van der Waals surface area (Å²) >= 11 is 0. The Hall–Kier alpha value is -4.85. The van der Waals surface area contributed by atoms with Crippen LogP contribution in [0.1, 0.15) is 71.3 Å². The van der Waals surface area contributed by atoms with E-state index in [4.69, 9.17) is 4.74 Å². The molecule has 8 heteroatoms. The number of allylic oxidation sites excluding steroid dienone is 5. The molecule has 1 N–H and O–H groups in total. The second-order valence-electron chi connectivity index (χ2n) is 11.3. The molecule has 1 amide bonds. The summed E-state index contributed by atoms with van der Waals surface area (Å²) in [6, 6.07) is 14.0. The van der Waals surface area contributed by atoms with E-state index in [1.807, 2.05) is 47.2 Å². The lowest BCUT2D eigenvalue weighted by atomic mass is 10.1. The molecule has 3 heterocycles. The van der Waals surface area contributed by atoms with Gasteiger partial charge in [0.1, 0.15) is 30.2 Å². The number of aromatic nitrogens is 5. The van der Waals surface area contributed by atoms with Gasteiger partial charge in [0.15, 0.2) is 0 Å². The van der Waals surface area contributed by atoms with Crippen LogP contribution in [-0.2, 0) is 6.42 Å². The van der Waals surface area contributed by atoms with Gasteiger partial charge in [-0.05, 0) is 86.6 Å². The number of nitrogens with one attached hydrogen (secondary N) is 1. The third kappa shape index (κ3) is 7.15. The van der Waals surface area contributed by atoms with Crippen molar-refractivity contribution in [3.63, 3.8) is 0 Å². The van der Waals surface area contributed by atoms with Crippen LogP contribution in [0.5, 0.6) is 5.75 Å². The number of pyridine rings is 2. The summed E-state index contributed by atoms with van der Waals surface area (Å²) < 4.78 is 8.21. The summed E-state index contributed by atoms with van der Waals surface area (Å²) in [6.07, 6.45) is 17.2. The van der Waals surface area contributed by atoms with Gasteiger partial charge in [-0.2, -0.15) is 0 Å². The first kappa shape index (κ1) is 28.3. The monoisotopic (exact) mass is 572 g/mol. The van der Waals surface area contributed by atoms with Crippen molar-refractivity contribution in [2.24, 2.45) is 0 Å². The standard InChI is InChI=1S/C35H36N6O2/c1-23-5-4-6-24(2)34(23)43-21-25(3)41-22-38-40-33(41)16-14-30(13-9-26-7-8-26)39-35(42)32-19-28(17-18-36-32)29-12-15-31(37-20-29)27-10-11-27/h4-7,9,12-15,17-20,22,25,27H,8,10-11,16,21H2,1-3H3,(H,39,42). The van der Waals surface area contributed by atoms with E-state index < -0.39 is 0 Å². The summed E-state index contributed by atoms with van der Waals surface area (Å²) in [4.78, 5) is 22.3. The van der Waals surface area contributed by atoms with Crippen LogP contribution >= 0.6 is 0 Å². The van der Waals surface area contributed by atoms with Crippen molar-refractivity contribution >= 4 is 5.91 Å². The predicted molar refractivity (Wildman–Crippen MR) is 167 cm³/mol. The van der Waals surface area contributed by atoms with Gasteiger partial charge >= 0.3 is 0 Å². The molecular weight excluding hydrogens is 536 g/mol. The number of carbonyl (C=O) groups is 1. The lowest BCUT2D eigenvalue weighted by Gasteiger charge is -2.18. The molecule has 2 aliphatic rings. The fourth-order valence-corrected chi connectivity index (χ4v) is 4.97. The molecule has 6 rings (SSSR count). The molecule has 0 aliphatic heterocycles. The maximum absolute atomic E-state index is 13.3. The van der Waals surface area contributed by atoms with Gasteiger partial charge in [-0.3, -0.25) is 14.8 Å². The molecule has 43 heavy (non-hydrogen) atoms. The third-order valence-electron chi connectivity index (χ3n) is 7.79. The topological polar surface area (TPSA) is 94.8 Å². The highest BCUT2D eigenvalue weighted by atomic mass is 16.5. The van der Waals surface area contributed by atoms with E-state index in [1.165, 1.54) is 18.4 Å². The minimum atomic E-state index is -0.276. The molecule has 1 atom stereocenters. The number of benzene rings is 1. The van der Waals surface area contributed by atoms with Crippen LogP contribution in [0.4, 0.5) is 0 Å². The van der Waals surface area contributed by atoms with Crippen LogP contribution in [-0.4, -0.2) is 37.2 Å². The molecule has 1 fully saturated rings. The van der Waals surface area contributed by atoms with Gasteiger partial charge in [-0.1, -0.05) is 42.5 Å². The molecule has 1 aromatic carbocycles. The second kappa shape index (κ2) is 12.6. The van der Waals surface area contributed by atoms with Crippen molar-refractivity contribution in [1.29, 1.82) is 0 Å². The molecule has 4 aromatic rings.